The molecule has 126 valence electrons. The average molecular weight is 331 g/mol. The molecule has 3 rings (SSSR count). The van der Waals surface area contributed by atoms with Crippen LogP contribution in [0.2, 0.25) is 0 Å². The maximum atomic E-state index is 7.41. The van der Waals surface area contributed by atoms with Crippen molar-refractivity contribution in [2.75, 3.05) is 11.4 Å². The number of nitrogens with one attached hydrogen (secondary N) is 1. The second-order valence-electron chi connectivity index (χ2n) is 5.70. The van der Waals surface area contributed by atoms with Crippen LogP contribution in [0.3, 0.4) is 0 Å². The maximum Gasteiger partial charge on any atom is 0.148 e. The number of rotatable bonds is 6. The summed E-state index contributed by atoms with van der Waals surface area (Å²) in [6, 6.07) is 16.1. The molecule has 0 fully saturated rings. The van der Waals surface area contributed by atoms with Crippen LogP contribution in [0.15, 0.2) is 60.9 Å². The van der Waals surface area contributed by atoms with Crippen molar-refractivity contribution in [2.45, 2.75) is 13.5 Å². The van der Waals surface area contributed by atoms with E-state index in [0.29, 0.717) is 5.57 Å². The van der Waals surface area contributed by atoms with Gasteiger partial charge >= 0.3 is 0 Å². The van der Waals surface area contributed by atoms with E-state index in [1.165, 1.54) is 18.0 Å². The first-order chi connectivity index (χ1) is 12.2. The molecule has 2 aromatic carbocycles. The zero-order chi connectivity index (χ0) is 17.6. The molecule has 0 atom stereocenters. The lowest BCUT2D eigenvalue weighted by Crippen LogP contribution is -2.23. The lowest BCUT2D eigenvalue weighted by molar-refractivity contribution is 0.813. The molecule has 3 aromatic rings. The highest BCUT2D eigenvalue weighted by Crippen LogP contribution is 2.21. The van der Waals surface area contributed by atoms with Crippen molar-refractivity contribution in [1.29, 1.82) is 5.41 Å². The van der Waals surface area contributed by atoms with Gasteiger partial charge in [-0.1, -0.05) is 36.4 Å². The Bertz CT molecular complexity index is 902. The maximum absolute atomic E-state index is 7.41. The second kappa shape index (κ2) is 7.57. The summed E-state index contributed by atoms with van der Waals surface area (Å²) in [5, 5.41) is 7.41. The fourth-order valence-corrected chi connectivity index (χ4v) is 2.72. The summed E-state index contributed by atoms with van der Waals surface area (Å²) in [5.41, 5.74) is 9.94. The topological polar surface area (TPSA) is 78.9 Å². The highest BCUT2D eigenvalue weighted by atomic mass is 15.2. The molecule has 0 aliphatic rings. The van der Waals surface area contributed by atoms with E-state index in [-0.39, 0.29) is 0 Å². The van der Waals surface area contributed by atoms with Gasteiger partial charge in [-0.05, 0) is 30.2 Å². The predicted octanol–water partition coefficient (Wildman–Crippen LogP) is 3.61. The average Bonchev–Trinajstić information content (AvgIpc) is 2.67. The van der Waals surface area contributed by atoms with Crippen molar-refractivity contribution in [2.24, 2.45) is 5.73 Å². The molecule has 0 saturated heterocycles. The molecular weight excluding hydrogens is 310 g/mol. The molecule has 5 heteroatoms. The monoisotopic (exact) mass is 331 g/mol. The first-order valence-electron chi connectivity index (χ1n) is 8.23. The van der Waals surface area contributed by atoms with E-state index in [0.717, 1.165) is 35.5 Å². The number of nitrogens with zero attached hydrogens (tertiary/aromatic N) is 3. The summed E-state index contributed by atoms with van der Waals surface area (Å²) in [5.74, 6) is 0.855. The summed E-state index contributed by atoms with van der Waals surface area (Å²) in [6.45, 7) is 3.75. The molecule has 0 bridgehead atoms. The van der Waals surface area contributed by atoms with Gasteiger partial charge in [0.25, 0.3) is 0 Å². The van der Waals surface area contributed by atoms with E-state index in [9.17, 15) is 0 Å². The van der Waals surface area contributed by atoms with Crippen molar-refractivity contribution in [1.82, 2.24) is 9.97 Å². The zero-order valence-electron chi connectivity index (χ0n) is 14.2. The Morgan fingerprint density at radius 1 is 1.16 bits per heavy atom. The number of hydrogen-bond acceptors (Lipinski definition) is 5. The Labute approximate surface area is 147 Å². The molecule has 0 radical (unpaired) electrons. The number of nitrogens with two attached hydrogens (primary N) is 1. The minimum atomic E-state index is 0.659. The third-order valence-electron chi connectivity index (χ3n) is 4.12. The number of aromatic nitrogens is 2. The fraction of sp³-hybridized carbons (Fsp3) is 0.150. The fourth-order valence-electron chi connectivity index (χ4n) is 2.72. The molecule has 3 N–H and O–H groups in total. The molecule has 0 aliphatic carbocycles. The van der Waals surface area contributed by atoms with Gasteiger partial charge in [-0.2, -0.15) is 0 Å². The predicted molar refractivity (Wildman–Crippen MR) is 104 cm³/mol. The van der Waals surface area contributed by atoms with Gasteiger partial charge < -0.3 is 16.0 Å². The SMILES string of the molecule is CCN(Cc1ccccc1)c1cnc2cc(/C(C=N)=C/N)ccc2n1. The summed E-state index contributed by atoms with van der Waals surface area (Å²) >= 11 is 0. The van der Waals surface area contributed by atoms with E-state index in [2.05, 4.69) is 28.9 Å². The lowest BCUT2D eigenvalue weighted by atomic mass is 10.1. The summed E-state index contributed by atoms with van der Waals surface area (Å²) in [6.07, 6.45) is 4.46. The molecule has 1 heterocycles. The van der Waals surface area contributed by atoms with Crippen LogP contribution >= 0.6 is 0 Å². The molecule has 0 amide bonds. The van der Waals surface area contributed by atoms with E-state index in [4.69, 9.17) is 16.1 Å². The van der Waals surface area contributed by atoms with Crippen LogP contribution in [0, 0.1) is 5.41 Å². The van der Waals surface area contributed by atoms with E-state index >= 15 is 0 Å². The van der Waals surface area contributed by atoms with Crippen LogP contribution in [0.25, 0.3) is 16.6 Å². The van der Waals surface area contributed by atoms with E-state index in [1.54, 1.807) is 6.20 Å². The summed E-state index contributed by atoms with van der Waals surface area (Å²) in [4.78, 5) is 11.5. The number of fused-ring (bicyclic) bond motifs is 1. The van der Waals surface area contributed by atoms with Crippen molar-refractivity contribution in [3.63, 3.8) is 0 Å². The highest BCUT2D eigenvalue weighted by Gasteiger charge is 2.09. The molecule has 25 heavy (non-hydrogen) atoms. The van der Waals surface area contributed by atoms with Crippen LogP contribution in [-0.2, 0) is 6.54 Å². The van der Waals surface area contributed by atoms with Gasteiger partial charge in [0.15, 0.2) is 0 Å². The minimum absolute atomic E-state index is 0.659. The molecular formula is C20H21N5. The Kier molecular flexibility index (Phi) is 5.04. The first-order valence-corrected chi connectivity index (χ1v) is 8.23. The van der Waals surface area contributed by atoms with Gasteiger partial charge in [0.1, 0.15) is 5.82 Å². The second-order valence-corrected chi connectivity index (χ2v) is 5.70. The smallest absolute Gasteiger partial charge is 0.148 e. The first kappa shape index (κ1) is 16.6. The number of allylic oxidation sites excluding steroid dienone is 1. The number of anilines is 1. The highest BCUT2D eigenvalue weighted by molar-refractivity contribution is 6.08. The van der Waals surface area contributed by atoms with Crippen LogP contribution in [0.1, 0.15) is 18.1 Å². The Morgan fingerprint density at radius 2 is 1.96 bits per heavy atom. The molecule has 0 unspecified atom stereocenters. The molecule has 1 aromatic heterocycles. The quantitative estimate of drug-likeness (QED) is 0.676. The van der Waals surface area contributed by atoms with Crippen LogP contribution in [0.4, 0.5) is 5.82 Å². The van der Waals surface area contributed by atoms with Crippen LogP contribution in [0.5, 0.6) is 0 Å². The van der Waals surface area contributed by atoms with Crippen molar-refractivity contribution in [3.8, 4) is 0 Å². The van der Waals surface area contributed by atoms with E-state index < -0.39 is 0 Å². The number of benzene rings is 2. The Morgan fingerprint density at radius 3 is 2.64 bits per heavy atom. The largest absolute Gasteiger partial charge is 0.404 e. The van der Waals surface area contributed by atoms with E-state index in [1.807, 2.05) is 36.4 Å². The zero-order valence-corrected chi connectivity index (χ0v) is 14.2. The lowest BCUT2D eigenvalue weighted by Gasteiger charge is -2.22. The minimum Gasteiger partial charge on any atom is -0.404 e. The number of hydrogen-bond donors (Lipinski definition) is 2. The van der Waals surface area contributed by atoms with Gasteiger partial charge in [0.05, 0.1) is 17.2 Å². The molecule has 5 nitrogen and oxygen atoms in total. The van der Waals surface area contributed by atoms with Crippen molar-refractivity contribution in [3.05, 3.63) is 72.1 Å². The Balaban J connectivity index is 1.92. The normalized spacial score (nSPS) is 11.5. The van der Waals surface area contributed by atoms with Gasteiger partial charge in [-0.15, -0.1) is 0 Å². The van der Waals surface area contributed by atoms with Crippen LogP contribution < -0.4 is 10.6 Å². The Hall–Kier alpha value is -3.21. The standard InChI is InChI=1S/C20H21N5/c1-2-25(14-15-6-4-3-5-7-15)20-13-23-19-10-16(17(11-21)12-22)8-9-18(19)24-20/h3-13,21H,2,14,22H2,1H3/b17-12+,21-11?. The van der Waals surface area contributed by atoms with Gasteiger partial charge in [-0.3, -0.25) is 4.98 Å². The summed E-state index contributed by atoms with van der Waals surface area (Å²) in [7, 11) is 0. The molecule has 0 spiro atoms. The van der Waals surface area contributed by atoms with Crippen LogP contribution in [-0.4, -0.2) is 22.7 Å². The third-order valence-corrected chi connectivity index (χ3v) is 4.12. The molecule has 0 aliphatic heterocycles. The summed E-state index contributed by atoms with van der Waals surface area (Å²) < 4.78 is 0. The van der Waals surface area contributed by atoms with Gasteiger partial charge in [-0.25, -0.2) is 4.98 Å². The van der Waals surface area contributed by atoms with Crippen molar-refractivity contribution < 1.29 is 0 Å². The molecule has 0 saturated carbocycles. The van der Waals surface area contributed by atoms with Gasteiger partial charge in [0.2, 0.25) is 0 Å². The van der Waals surface area contributed by atoms with Crippen molar-refractivity contribution >= 4 is 28.6 Å². The van der Waals surface area contributed by atoms with Gasteiger partial charge in [0, 0.05) is 31.1 Å². The third kappa shape index (κ3) is 3.66.